The van der Waals surface area contributed by atoms with E-state index in [1.165, 1.54) is 23.1 Å². The van der Waals surface area contributed by atoms with Gasteiger partial charge in [-0.25, -0.2) is 0 Å². The largest absolute Gasteiger partial charge is 0.366 e. The van der Waals surface area contributed by atoms with E-state index in [0.717, 1.165) is 5.56 Å². The van der Waals surface area contributed by atoms with Crippen LogP contribution in [-0.2, 0) is 11.8 Å². The molecular formula is C16H14ClN5O2S2. The number of halogens is 1. The molecule has 0 unspecified atom stereocenters. The van der Waals surface area contributed by atoms with Gasteiger partial charge in [-0.2, -0.15) is 0 Å². The summed E-state index contributed by atoms with van der Waals surface area (Å²) in [7, 11) is 1.83. The van der Waals surface area contributed by atoms with Gasteiger partial charge in [0.25, 0.3) is 5.91 Å². The first-order valence-electron chi connectivity index (χ1n) is 7.41. The lowest BCUT2D eigenvalue weighted by atomic mass is 10.2. The summed E-state index contributed by atoms with van der Waals surface area (Å²) in [5.74, 6) is -0.0205. The second-order valence-electron chi connectivity index (χ2n) is 5.24. The van der Waals surface area contributed by atoms with Crippen LogP contribution < -0.4 is 11.1 Å². The highest BCUT2D eigenvalue weighted by molar-refractivity contribution is 7.99. The molecule has 0 spiro atoms. The van der Waals surface area contributed by atoms with Crippen LogP contribution in [0.5, 0.6) is 0 Å². The third kappa shape index (κ3) is 4.06. The Kier molecular flexibility index (Phi) is 5.60. The van der Waals surface area contributed by atoms with Crippen LogP contribution in [0.15, 0.2) is 40.9 Å². The summed E-state index contributed by atoms with van der Waals surface area (Å²) in [5, 5.41) is 14.4. The highest BCUT2D eigenvalue weighted by Crippen LogP contribution is 2.25. The molecule has 0 aliphatic rings. The fraction of sp³-hybridized carbons (Fsp3) is 0.125. The number of amides is 2. The summed E-state index contributed by atoms with van der Waals surface area (Å²) in [4.78, 5) is 23.4. The Balaban J connectivity index is 1.65. The molecule has 0 aliphatic carbocycles. The second-order valence-corrected chi connectivity index (χ2v) is 7.53. The molecule has 3 aromatic rings. The van der Waals surface area contributed by atoms with Crippen molar-refractivity contribution in [2.75, 3.05) is 11.1 Å². The van der Waals surface area contributed by atoms with Crippen LogP contribution in [-0.4, -0.2) is 32.3 Å². The first kappa shape index (κ1) is 18.4. The van der Waals surface area contributed by atoms with Crippen LogP contribution in [0.25, 0.3) is 11.4 Å². The number of nitrogens with zero attached hydrogens (tertiary/aromatic N) is 3. The molecule has 1 aromatic carbocycles. The standard InChI is InChI=1S/C16H14ClN5O2S2/c1-22-14(9-2-4-10(17)5-3-9)20-21-16(22)26-8-12(23)19-15-11(13(18)24)6-7-25-15/h2-7H,8H2,1H3,(H2,18,24)(H,19,23). The third-order valence-corrected chi connectivity index (χ3v) is 5.56. The Morgan fingerprint density at radius 2 is 2.00 bits per heavy atom. The van der Waals surface area contributed by atoms with E-state index >= 15 is 0 Å². The van der Waals surface area contributed by atoms with Gasteiger partial charge in [-0.15, -0.1) is 21.5 Å². The highest BCUT2D eigenvalue weighted by atomic mass is 35.5. The number of carbonyl (C=O) groups is 2. The van der Waals surface area contributed by atoms with E-state index in [4.69, 9.17) is 17.3 Å². The van der Waals surface area contributed by atoms with Crippen molar-refractivity contribution >= 4 is 51.5 Å². The van der Waals surface area contributed by atoms with E-state index in [1.807, 2.05) is 19.2 Å². The van der Waals surface area contributed by atoms with Crippen molar-refractivity contribution in [3.8, 4) is 11.4 Å². The van der Waals surface area contributed by atoms with Crippen LogP contribution in [0.3, 0.4) is 0 Å². The summed E-state index contributed by atoms with van der Waals surface area (Å²) in [6.45, 7) is 0. The van der Waals surface area contributed by atoms with Crippen molar-refractivity contribution < 1.29 is 9.59 Å². The minimum atomic E-state index is -0.574. The summed E-state index contributed by atoms with van der Waals surface area (Å²) >= 11 is 8.40. The number of carbonyl (C=O) groups excluding carboxylic acids is 2. The zero-order valence-electron chi connectivity index (χ0n) is 13.6. The van der Waals surface area contributed by atoms with Crippen LogP contribution >= 0.6 is 34.7 Å². The van der Waals surface area contributed by atoms with Gasteiger partial charge in [0, 0.05) is 17.6 Å². The van der Waals surface area contributed by atoms with Gasteiger partial charge in [0.2, 0.25) is 5.91 Å². The SMILES string of the molecule is Cn1c(SCC(=O)Nc2sccc2C(N)=O)nnc1-c1ccc(Cl)cc1. The monoisotopic (exact) mass is 407 g/mol. The predicted molar refractivity (Wildman–Crippen MR) is 104 cm³/mol. The van der Waals surface area contributed by atoms with E-state index < -0.39 is 5.91 Å². The van der Waals surface area contributed by atoms with Gasteiger partial charge in [-0.3, -0.25) is 9.59 Å². The van der Waals surface area contributed by atoms with Gasteiger partial charge in [0.15, 0.2) is 11.0 Å². The maximum atomic E-state index is 12.1. The van der Waals surface area contributed by atoms with Gasteiger partial charge < -0.3 is 15.6 Å². The predicted octanol–water partition coefficient (Wildman–Crippen LogP) is 3.03. The fourth-order valence-corrected chi connectivity index (χ4v) is 3.83. The molecule has 10 heteroatoms. The zero-order valence-corrected chi connectivity index (χ0v) is 16.0. The average Bonchev–Trinajstić information content (AvgIpc) is 3.21. The number of hydrogen-bond acceptors (Lipinski definition) is 6. The lowest BCUT2D eigenvalue weighted by Gasteiger charge is -2.05. The van der Waals surface area contributed by atoms with Gasteiger partial charge in [-0.1, -0.05) is 23.4 Å². The fourth-order valence-electron chi connectivity index (χ4n) is 2.18. The molecule has 0 aliphatic heterocycles. The van der Waals surface area contributed by atoms with Crippen LogP contribution in [0.2, 0.25) is 5.02 Å². The minimum Gasteiger partial charge on any atom is -0.366 e. The maximum absolute atomic E-state index is 12.1. The van der Waals surface area contributed by atoms with E-state index in [1.54, 1.807) is 28.1 Å². The molecule has 2 heterocycles. The molecule has 0 fully saturated rings. The molecule has 0 saturated heterocycles. The molecule has 0 atom stereocenters. The molecule has 3 N–H and O–H groups in total. The first-order chi connectivity index (χ1) is 12.5. The Hall–Kier alpha value is -2.36. The van der Waals surface area contributed by atoms with Gasteiger partial charge in [0.05, 0.1) is 11.3 Å². The molecule has 2 aromatic heterocycles. The van der Waals surface area contributed by atoms with Crippen LogP contribution in [0, 0.1) is 0 Å². The van der Waals surface area contributed by atoms with E-state index in [-0.39, 0.29) is 11.7 Å². The number of aromatic nitrogens is 3. The van der Waals surface area contributed by atoms with Crippen LogP contribution in [0.1, 0.15) is 10.4 Å². The smallest absolute Gasteiger partial charge is 0.251 e. The number of nitrogens with one attached hydrogen (secondary N) is 1. The molecule has 3 rings (SSSR count). The van der Waals surface area contributed by atoms with E-state index in [0.29, 0.717) is 26.6 Å². The summed E-state index contributed by atoms with van der Waals surface area (Å²) in [6, 6.07) is 8.86. The molecule has 26 heavy (non-hydrogen) atoms. The molecule has 2 amide bonds. The molecule has 134 valence electrons. The molecule has 0 bridgehead atoms. The number of thiophene rings is 1. The normalized spacial score (nSPS) is 10.7. The topological polar surface area (TPSA) is 103 Å². The number of benzene rings is 1. The van der Waals surface area contributed by atoms with E-state index in [9.17, 15) is 9.59 Å². The lowest BCUT2D eigenvalue weighted by Crippen LogP contribution is -2.18. The van der Waals surface area contributed by atoms with Crippen molar-refractivity contribution in [2.45, 2.75) is 5.16 Å². The molecule has 7 nitrogen and oxygen atoms in total. The summed E-state index contributed by atoms with van der Waals surface area (Å²) in [6.07, 6.45) is 0. The number of anilines is 1. The zero-order chi connectivity index (χ0) is 18.7. The molecule has 0 radical (unpaired) electrons. The van der Waals surface area contributed by atoms with Crippen molar-refractivity contribution in [2.24, 2.45) is 12.8 Å². The van der Waals surface area contributed by atoms with Crippen molar-refractivity contribution in [3.05, 3.63) is 46.3 Å². The average molecular weight is 408 g/mol. The highest BCUT2D eigenvalue weighted by Gasteiger charge is 2.15. The molecular weight excluding hydrogens is 394 g/mol. The van der Waals surface area contributed by atoms with Crippen molar-refractivity contribution in [1.29, 1.82) is 0 Å². The molecule has 0 saturated carbocycles. The van der Waals surface area contributed by atoms with Gasteiger partial charge in [-0.05, 0) is 35.7 Å². The maximum Gasteiger partial charge on any atom is 0.251 e. The first-order valence-corrected chi connectivity index (χ1v) is 9.65. The quantitative estimate of drug-likeness (QED) is 0.611. The summed E-state index contributed by atoms with van der Waals surface area (Å²) in [5.41, 5.74) is 6.45. The van der Waals surface area contributed by atoms with E-state index in [2.05, 4.69) is 15.5 Å². The number of thioether (sulfide) groups is 1. The Labute approximate surface area is 162 Å². The third-order valence-electron chi connectivity index (χ3n) is 3.45. The van der Waals surface area contributed by atoms with Crippen LogP contribution in [0.4, 0.5) is 5.00 Å². The Morgan fingerprint density at radius 1 is 1.27 bits per heavy atom. The number of hydrogen-bond donors (Lipinski definition) is 2. The van der Waals surface area contributed by atoms with Crippen molar-refractivity contribution in [3.63, 3.8) is 0 Å². The number of nitrogens with two attached hydrogens (primary N) is 1. The lowest BCUT2D eigenvalue weighted by molar-refractivity contribution is -0.113. The van der Waals surface area contributed by atoms with Gasteiger partial charge >= 0.3 is 0 Å². The summed E-state index contributed by atoms with van der Waals surface area (Å²) < 4.78 is 1.81. The second kappa shape index (κ2) is 7.90. The van der Waals surface area contributed by atoms with Gasteiger partial charge in [0.1, 0.15) is 5.00 Å². The Bertz CT molecular complexity index is 952. The number of rotatable bonds is 6. The minimum absolute atomic E-state index is 0.128. The van der Waals surface area contributed by atoms with Crippen molar-refractivity contribution in [1.82, 2.24) is 14.8 Å². The Morgan fingerprint density at radius 3 is 2.69 bits per heavy atom. The number of primary amides is 1.